The third-order valence-corrected chi connectivity index (χ3v) is 17.5. The molecule has 1 atom stereocenters. The quantitative estimate of drug-likeness (QED) is 0.0261. The van der Waals surface area contributed by atoms with Gasteiger partial charge in [0.2, 0.25) is 0 Å². The van der Waals surface area contributed by atoms with Crippen LogP contribution >= 0.6 is 0 Å². The zero-order chi connectivity index (χ0) is 59.2. The lowest BCUT2D eigenvalue weighted by Gasteiger charge is -2.18. The number of hydrogen-bond acceptors (Lipinski definition) is 6. The maximum absolute atomic E-state index is 12.9. The molecule has 0 spiro atoms. The third kappa shape index (κ3) is 68.9. The molecule has 0 heterocycles. The topological polar surface area (TPSA) is 78.9 Å². The third-order valence-electron chi connectivity index (χ3n) is 17.5. The molecule has 0 aliphatic carbocycles. The van der Waals surface area contributed by atoms with Gasteiger partial charge in [0.25, 0.3) is 0 Å². The van der Waals surface area contributed by atoms with Gasteiger partial charge in [0.15, 0.2) is 6.10 Å². The van der Waals surface area contributed by atoms with Crippen LogP contribution in [0.2, 0.25) is 0 Å². The average molecular weight is 1160 g/mol. The molecule has 0 saturated heterocycles. The number of carbonyl (C=O) groups is 3. The van der Waals surface area contributed by atoms with Crippen molar-refractivity contribution in [3.63, 3.8) is 0 Å². The van der Waals surface area contributed by atoms with E-state index in [1.165, 1.54) is 340 Å². The highest BCUT2D eigenvalue weighted by Crippen LogP contribution is 2.20. The van der Waals surface area contributed by atoms with Crippen LogP contribution in [0.4, 0.5) is 0 Å². The Hall–Kier alpha value is -1.85. The minimum Gasteiger partial charge on any atom is -0.462 e. The van der Waals surface area contributed by atoms with Crippen molar-refractivity contribution in [3.8, 4) is 0 Å². The molecule has 82 heavy (non-hydrogen) atoms. The molecule has 0 saturated carbocycles. The average Bonchev–Trinajstić information content (AvgIpc) is 3.47. The molecular formula is C76H146O6. The fourth-order valence-electron chi connectivity index (χ4n) is 11.9. The van der Waals surface area contributed by atoms with Gasteiger partial charge in [-0.15, -0.1) is 0 Å². The molecule has 0 aliphatic heterocycles. The van der Waals surface area contributed by atoms with E-state index in [4.69, 9.17) is 14.2 Å². The Morgan fingerprint density at radius 3 is 0.610 bits per heavy atom. The van der Waals surface area contributed by atoms with Gasteiger partial charge >= 0.3 is 17.9 Å². The van der Waals surface area contributed by atoms with Gasteiger partial charge in [-0.1, -0.05) is 386 Å². The van der Waals surface area contributed by atoms with Crippen LogP contribution in [0.5, 0.6) is 0 Å². The Morgan fingerprint density at radius 2 is 0.402 bits per heavy atom. The maximum atomic E-state index is 12.9. The van der Waals surface area contributed by atoms with Crippen molar-refractivity contribution in [1.82, 2.24) is 0 Å². The molecule has 0 rings (SSSR count). The fourth-order valence-corrected chi connectivity index (χ4v) is 11.9. The molecule has 0 aliphatic rings. The molecule has 0 aromatic carbocycles. The van der Waals surface area contributed by atoms with Crippen molar-refractivity contribution >= 4 is 17.9 Å². The van der Waals surface area contributed by atoms with E-state index in [0.717, 1.165) is 57.8 Å². The standard InChI is InChI=1S/C76H146O6/c1-4-7-10-13-16-19-21-23-25-27-29-31-32-33-34-35-36-37-38-39-40-41-42-43-44-46-47-49-51-53-55-57-60-63-66-69-75(78)81-72-73(71-80-74(77)68-65-62-59-18-15-12-9-6-3)82-76(79)70-67-64-61-58-56-54-52-50-48-45-30-28-26-24-22-20-17-14-11-8-5-2/h27,29,73H,4-26,28,30-72H2,1-3H3/b29-27-. The van der Waals surface area contributed by atoms with E-state index in [2.05, 4.69) is 32.9 Å². The summed E-state index contributed by atoms with van der Waals surface area (Å²) in [5, 5.41) is 0. The largest absolute Gasteiger partial charge is 0.462 e. The van der Waals surface area contributed by atoms with E-state index in [1.54, 1.807) is 0 Å². The molecule has 6 heteroatoms. The van der Waals surface area contributed by atoms with E-state index in [9.17, 15) is 14.4 Å². The molecule has 486 valence electrons. The highest BCUT2D eigenvalue weighted by molar-refractivity contribution is 5.71. The molecule has 1 unspecified atom stereocenters. The van der Waals surface area contributed by atoms with Gasteiger partial charge in [-0.25, -0.2) is 0 Å². The molecule has 6 nitrogen and oxygen atoms in total. The second-order valence-corrected chi connectivity index (χ2v) is 25.9. The summed E-state index contributed by atoms with van der Waals surface area (Å²) < 4.78 is 16.9. The normalized spacial score (nSPS) is 12.0. The number of hydrogen-bond donors (Lipinski definition) is 0. The number of rotatable bonds is 71. The predicted molar refractivity (Wildman–Crippen MR) is 358 cm³/mol. The molecule has 0 radical (unpaired) electrons. The summed E-state index contributed by atoms with van der Waals surface area (Å²) in [5.41, 5.74) is 0. The molecule has 0 bridgehead atoms. The van der Waals surface area contributed by atoms with Crippen molar-refractivity contribution in [3.05, 3.63) is 12.2 Å². The summed E-state index contributed by atoms with van der Waals surface area (Å²) in [6.45, 7) is 6.70. The lowest BCUT2D eigenvalue weighted by Crippen LogP contribution is -2.30. The van der Waals surface area contributed by atoms with Crippen molar-refractivity contribution < 1.29 is 28.6 Å². The maximum Gasteiger partial charge on any atom is 0.306 e. The van der Waals surface area contributed by atoms with Gasteiger partial charge in [0.1, 0.15) is 13.2 Å². The lowest BCUT2D eigenvalue weighted by molar-refractivity contribution is -0.167. The van der Waals surface area contributed by atoms with Gasteiger partial charge < -0.3 is 14.2 Å². The van der Waals surface area contributed by atoms with E-state index < -0.39 is 6.10 Å². The van der Waals surface area contributed by atoms with E-state index in [0.29, 0.717) is 19.3 Å². The smallest absolute Gasteiger partial charge is 0.306 e. The number of carbonyl (C=O) groups excluding carboxylic acids is 3. The van der Waals surface area contributed by atoms with Crippen molar-refractivity contribution in [2.45, 2.75) is 444 Å². The Balaban J connectivity index is 3.94. The molecule has 0 aromatic rings. The van der Waals surface area contributed by atoms with Gasteiger partial charge in [0, 0.05) is 19.3 Å². The predicted octanol–water partition coefficient (Wildman–Crippen LogP) is 26.0. The van der Waals surface area contributed by atoms with Crippen LogP contribution in [0.1, 0.15) is 438 Å². The Morgan fingerprint density at radius 1 is 0.232 bits per heavy atom. The van der Waals surface area contributed by atoms with E-state index in [-0.39, 0.29) is 31.1 Å². The van der Waals surface area contributed by atoms with Crippen molar-refractivity contribution in [2.24, 2.45) is 0 Å². The highest BCUT2D eigenvalue weighted by atomic mass is 16.6. The second-order valence-electron chi connectivity index (χ2n) is 25.9. The van der Waals surface area contributed by atoms with Gasteiger partial charge in [0.05, 0.1) is 0 Å². The summed E-state index contributed by atoms with van der Waals surface area (Å²) in [5.74, 6) is -0.831. The summed E-state index contributed by atoms with van der Waals surface area (Å²) in [4.78, 5) is 38.3. The summed E-state index contributed by atoms with van der Waals surface area (Å²) in [6, 6.07) is 0. The Labute approximate surface area is 513 Å². The SMILES string of the molecule is CCCCCCCCCC/C=C\CCCCCCCCCCCCCCCCCCCCCCCCCC(=O)OCC(COC(=O)CCCCCCCCCC)OC(=O)CCCCCCCCCCCCCCCCCCCCCCC. The first-order chi connectivity index (χ1) is 40.5. The van der Waals surface area contributed by atoms with Crippen molar-refractivity contribution in [1.29, 1.82) is 0 Å². The first kappa shape index (κ1) is 80.2. The summed E-state index contributed by atoms with van der Waals surface area (Å²) >= 11 is 0. The van der Waals surface area contributed by atoms with Gasteiger partial charge in [-0.05, 0) is 44.9 Å². The zero-order valence-corrected chi connectivity index (χ0v) is 56.1. The Bertz CT molecular complexity index is 1280. The van der Waals surface area contributed by atoms with Crippen LogP contribution in [0, 0.1) is 0 Å². The highest BCUT2D eigenvalue weighted by Gasteiger charge is 2.20. The van der Waals surface area contributed by atoms with Crippen LogP contribution in [-0.2, 0) is 28.6 Å². The molecule has 0 amide bonds. The fraction of sp³-hybridized carbons (Fsp3) is 0.934. The van der Waals surface area contributed by atoms with Crippen LogP contribution in [-0.4, -0.2) is 37.2 Å². The molecule has 0 fully saturated rings. The number of ether oxygens (including phenoxy) is 3. The van der Waals surface area contributed by atoms with Crippen LogP contribution in [0.3, 0.4) is 0 Å². The van der Waals surface area contributed by atoms with Crippen LogP contribution < -0.4 is 0 Å². The number of allylic oxidation sites excluding steroid dienone is 2. The second kappa shape index (κ2) is 71.6. The first-order valence-electron chi connectivity index (χ1n) is 37.7. The van der Waals surface area contributed by atoms with Gasteiger partial charge in [-0.3, -0.25) is 14.4 Å². The molecular weight excluding hydrogens is 1010 g/mol. The minimum atomic E-state index is -0.763. The molecule has 0 aromatic heterocycles. The van der Waals surface area contributed by atoms with Gasteiger partial charge in [-0.2, -0.15) is 0 Å². The van der Waals surface area contributed by atoms with E-state index >= 15 is 0 Å². The minimum absolute atomic E-state index is 0.0621. The summed E-state index contributed by atoms with van der Waals surface area (Å²) in [7, 11) is 0. The first-order valence-corrected chi connectivity index (χ1v) is 37.7. The number of esters is 3. The molecule has 0 N–H and O–H groups in total. The number of unbranched alkanes of at least 4 members (excludes halogenated alkanes) is 58. The van der Waals surface area contributed by atoms with Crippen LogP contribution in [0.25, 0.3) is 0 Å². The van der Waals surface area contributed by atoms with Crippen molar-refractivity contribution in [2.75, 3.05) is 13.2 Å². The zero-order valence-electron chi connectivity index (χ0n) is 56.1. The Kier molecular flexibility index (Phi) is 70.0. The monoisotopic (exact) mass is 1160 g/mol. The lowest BCUT2D eigenvalue weighted by atomic mass is 10.0. The summed E-state index contributed by atoms with van der Waals surface area (Å²) in [6.07, 6.45) is 87.3. The van der Waals surface area contributed by atoms with Crippen LogP contribution in [0.15, 0.2) is 12.2 Å². The van der Waals surface area contributed by atoms with E-state index in [1.807, 2.05) is 0 Å².